The van der Waals surface area contributed by atoms with Crippen molar-refractivity contribution < 1.29 is 37.5 Å². The minimum Gasteiger partial charge on any atom is -1.00 e. The van der Waals surface area contributed by atoms with Gasteiger partial charge in [0, 0.05) is 14.2 Å². The van der Waals surface area contributed by atoms with Crippen LogP contribution in [0.1, 0.15) is 2.85 Å². The molecule has 0 spiro atoms. The maximum atomic E-state index is 9.92. The van der Waals surface area contributed by atoms with Gasteiger partial charge in [-0.1, -0.05) is 0 Å². The molecule has 3 nitrogen and oxygen atoms in total. The van der Waals surface area contributed by atoms with Crippen molar-refractivity contribution in [3.05, 3.63) is 0 Å². The Labute approximate surface area is 60.6 Å². The van der Waals surface area contributed by atoms with E-state index >= 15 is 0 Å². The molecular formula is C2H9O3PPt. The number of rotatable bonds is 2. The Bertz CT molecular complexity index is 57.8. The molecule has 0 N–H and O–H groups in total. The smallest absolute Gasteiger partial charge is 1.00 e. The van der Waals surface area contributed by atoms with E-state index in [1.54, 1.807) is 0 Å². The second kappa shape index (κ2) is 6.84. The van der Waals surface area contributed by atoms with Crippen LogP contribution in [0, 0.1) is 0 Å². The molecule has 5 heteroatoms. The van der Waals surface area contributed by atoms with Crippen LogP contribution < -0.4 is 0 Å². The van der Waals surface area contributed by atoms with E-state index in [9.17, 15) is 4.57 Å². The van der Waals surface area contributed by atoms with Gasteiger partial charge in [0.1, 0.15) is 0 Å². The fourth-order valence-corrected chi connectivity index (χ4v) is 0.250. The van der Waals surface area contributed by atoms with Gasteiger partial charge in [0.25, 0.3) is 0 Å². The van der Waals surface area contributed by atoms with Crippen LogP contribution in [0.2, 0.25) is 0 Å². The van der Waals surface area contributed by atoms with Crippen molar-refractivity contribution in [2.24, 2.45) is 0 Å². The van der Waals surface area contributed by atoms with Crippen LogP contribution in [-0.4, -0.2) is 14.2 Å². The van der Waals surface area contributed by atoms with Crippen molar-refractivity contribution >= 4 is 8.25 Å². The van der Waals surface area contributed by atoms with Crippen LogP contribution in [-0.2, 0) is 34.7 Å². The number of hydrogen-bond acceptors (Lipinski definition) is 3. The van der Waals surface area contributed by atoms with Crippen LogP contribution in [0.3, 0.4) is 0 Å². The second-order valence-electron chi connectivity index (χ2n) is 0.658. The predicted molar refractivity (Wildman–Crippen MR) is 25.2 cm³/mol. The molecule has 0 saturated heterocycles. The van der Waals surface area contributed by atoms with E-state index in [-0.39, 0.29) is 23.9 Å². The van der Waals surface area contributed by atoms with Gasteiger partial charge in [-0.15, -0.1) is 0 Å². The van der Waals surface area contributed by atoms with Crippen LogP contribution >= 0.6 is 8.25 Å². The monoisotopic (exact) mass is 307 g/mol. The van der Waals surface area contributed by atoms with Crippen molar-refractivity contribution in [2.75, 3.05) is 14.2 Å². The first-order valence-electron chi connectivity index (χ1n) is 1.43. The minimum atomic E-state index is -2.12. The molecule has 0 radical (unpaired) electrons. The Morgan fingerprint density at radius 1 is 1.43 bits per heavy atom. The van der Waals surface area contributed by atoms with Crippen molar-refractivity contribution in [2.45, 2.75) is 0 Å². The summed E-state index contributed by atoms with van der Waals surface area (Å²) >= 11 is 0. The summed E-state index contributed by atoms with van der Waals surface area (Å²) < 4.78 is 18.4. The van der Waals surface area contributed by atoms with Crippen LogP contribution in [0.15, 0.2) is 0 Å². The standard InChI is InChI=1S/C2H7O3P.Pt.2H/c1-4-6(3)5-2;;;/h6H,1-2H3;;;/q;+2;2*-1. The van der Waals surface area contributed by atoms with E-state index < -0.39 is 8.25 Å². The molecule has 0 aromatic rings. The van der Waals surface area contributed by atoms with E-state index in [1.807, 2.05) is 0 Å². The Morgan fingerprint density at radius 3 is 1.71 bits per heavy atom. The number of hydrogen-bond donors (Lipinski definition) is 0. The molecule has 7 heavy (non-hydrogen) atoms. The fourth-order valence-electron chi connectivity index (χ4n) is 0.0833. The molecule has 0 heterocycles. The van der Waals surface area contributed by atoms with E-state index in [2.05, 4.69) is 9.05 Å². The Kier molecular flexibility index (Phi) is 10.5. The summed E-state index contributed by atoms with van der Waals surface area (Å²) in [6.45, 7) is 0. The fraction of sp³-hybridized carbons (Fsp3) is 1.00. The maximum Gasteiger partial charge on any atom is 2.00 e. The van der Waals surface area contributed by atoms with Gasteiger partial charge in [0.2, 0.25) is 0 Å². The predicted octanol–water partition coefficient (Wildman–Crippen LogP) is 0.891. The molecule has 0 rings (SSSR count). The first-order chi connectivity index (χ1) is 2.81. The van der Waals surface area contributed by atoms with Gasteiger partial charge < -0.3 is 11.9 Å². The molecule has 50 valence electrons. The molecule has 0 aromatic heterocycles. The molecule has 0 aliphatic heterocycles. The Balaban J connectivity index is -0.0000000417. The van der Waals surface area contributed by atoms with Crippen molar-refractivity contribution in [1.82, 2.24) is 0 Å². The SMILES string of the molecule is CO[PH](=O)OC.[H-].[H-].[Pt+2]. The van der Waals surface area contributed by atoms with Gasteiger partial charge in [0.05, 0.1) is 0 Å². The average molecular weight is 307 g/mol. The quantitative estimate of drug-likeness (QED) is 0.711. The van der Waals surface area contributed by atoms with Gasteiger partial charge in [-0.2, -0.15) is 0 Å². The summed E-state index contributed by atoms with van der Waals surface area (Å²) in [5.41, 5.74) is 0. The molecule has 0 fully saturated rings. The summed E-state index contributed by atoms with van der Waals surface area (Å²) in [7, 11) is 0.558. The average Bonchev–Trinajstić information content (AvgIpc) is 1.65. The molecule has 0 bridgehead atoms. The van der Waals surface area contributed by atoms with E-state index in [0.717, 1.165) is 0 Å². The summed E-state index contributed by atoms with van der Waals surface area (Å²) in [6.07, 6.45) is 0. The van der Waals surface area contributed by atoms with Crippen molar-refractivity contribution in [3.8, 4) is 0 Å². The summed E-state index contributed by atoms with van der Waals surface area (Å²) in [5, 5.41) is 0. The Hall–Kier alpha value is 0.838. The third-order valence-corrected chi connectivity index (χ3v) is 1.00. The summed E-state index contributed by atoms with van der Waals surface area (Å²) in [6, 6.07) is 0. The Morgan fingerprint density at radius 2 is 1.71 bits per heavy atom. The molecule has 0 aliphatic carbocycles. The van der Waals surface area contributed by atoms with E-state index in [4.69, 9.17) is 0 Å². The summed E-state index contributed by atoms with van der Waals surface area (Å²) in [5.74, 6) is 0. The molecule has 0 unspecified atom stereocenters. The van der Waals surface area contributed by atoms with Gasteiger partial charge in [-0.25, -0.2) is 0 Å². The molecule has 0 atom stereocenters. The van der Waals surface area contributed by atoms with Crippen molar-refractivity contribution in [1.29, 1.82) is 0 Å². The molecule has 0 aliphatic rings. The second-order valence-corrected chi connectivity index (χ2v) is 1.97. The minimum absolute atomic E-state index is 0. The van der Waals surface area contributed by atoms with Gasteiger partial charge in [0.15, 0.2) is 0 Å². The molecule has 0 amide bonds. The summed E-state index contributed by atoms with van der Waals surface area (Å²) in [4.78, 5) is 0. The maximum absolute atomic E-state index is 9.92. The normalized spacial score (nSPS) is 8.43. The zero-order valence-electron chi connectivity index (χ0n) is 6.04. The first kappa shape index (κ1) is 10.8. The molecular weight excluding hydrogens is 298 g/mol. The van der Waals surface area contributed by atoms with E-state index in [1.165, 1.54) is 14.2 Å². The zero-order valence-corrected chi connectivity index (χ0v) is 7.31. The van der Waals surface area contributed by atoms with Crippen LogP contribution in [0.25, 0.3) is 0 Å². The molecule has 0 saturated carbocycles. The van der Waals surface area contributed by atoms with Gasteiger partial charge in [-0.05, 0) is 0 Å². The van der Waals surface area contributed by atoms with Crippen molar-refractivity contribution in [3.63, 3.8) is 0 Å². The van der Waals surface area contributed by atoms with E-state index in [0.29, 0.717) is 0 Å². The topological polar surface area (TPSA) is 35.5 Å². The third kappa shape index (κ3) is 6.84. The largest absolute Gasteiger partial charge is 2.00 e. The van der Waals surface area contributed by atoms with Gasteiger partial charge >= 0.3 is 29.3 Å². The van der Waals surface area contributed by atoms with Gasteiger partial charge in [-0.3, -0.25) is 4.57 Å². The van der Waals surface area contributed by atoms with Crippen LogP contribution in [0.4, 0.5) is 0 Å². The third-order valence-electron chi connectivity index (χ3n) is 0.333. The van der Waals surface area contributed by atoms with Crippen LogP contribution in [0.5, 0.6) is 0 Å². The zero-order chi connectivity index (χ0) is 4.99. The first-order valence-corrected chi connectivity index (χ1v) is 2.65. The molecule has 0 aromatic carbocycles.